The van der Waals surface area contributed by atoms with Gasteiger partial charge in [-0.15, -0.1) is 0 Å². The maximum Gasteiger partial charge on any atom is -0.0185 e. The van der Waals surface area contributed by atoms with Crippen molar-refractivity contribution in [2.24, 2.45) is 0 Å². The standard InChI is InChI=1S/C16H20/c1-2-3-9-14-12-7-8-13-16(14)15-10-5-4-6-11-15/h4-6,10-13H,2-3,7-9H2,1H3. The van der Waals surface area contributed by atoms with Crippen LogP contribution in [0.4, 0.5) is 0 Å². The van der Waals surface area contributed by atoms with Gasteiger partial charge in [0.2, 0.25) is 0 Å². The molecule has 0 nitrogen and oxygen atoms in total. The number of unbranched alkanes of at least 4 members (excludes halogenated alkanes) is 1. The van der Waals surface area contributed by atoms with Crippen LogP contribution in [0.15, 0.2) is 48.1 Å². The number of hydrogen-bond acceptors (Lipinski definition) is 0. The van der Waals surface area contributed by atoms with Crippen molar-refractivity contribution in [1.29, 1.82) is 0 Å². The summed E-state index contributed by atoms with van der Waals surface area (Å²) in [5, 5.41) is 0. The van der Waals surface area contributed by atoms with Gasteiger partial charge in [-0.1, -0.05) is 55.8 Å². The van der Waals surface area contributed by atoms with E-state index >= 15 is 0 Å². The lowest BCUT2D eigenvalue weighted by Gasteiger charge is -2.16. The van der Waals surface area contributed by atoms with Crippen LogP contribution < -0.4 is 0 Å². The summed E-state index contributed by atoms with van der Waals surface area (Å²) in [6.07, 6.45) is 11.1. The van der Waals surface area contributed by atoms with Crippen LogP contribution in [0.25, 0.3) is 5.57 Å². The van der Waals surface area contributed by atoms with Crippen molar-refractivity contribution in [3.63, 3.8) is 0 Å². The van der Waals surface area contributed by atoms with Gasteiger partial charge in [-0.3, -0.25) is 0 Å². The first-order valence-corrected chi connectivity index (χ1v) is 6.37. The van der Waals surface area contributed by atoms with Crippen molar-refractivity contribution in [2.45, 2.75) is 39.0 Å². The Morgan fingerprint density at radius 3 is 2.50 bits per heavy atom. The SMILES string of the molecule is CCCCC1=CCCC=C1c1ccccc1. The Bertz CT molecular complexity index is 382. The molecule has 0 aliphatic heterocycles. The summed E-state index contributed by atoms with van der Waals surface area (Å²) in [5.74, 6) is 0. The average molecular weight is 212 g/mol. The van der Waals surface area contributed by atoms with E-state index in [9.17, 15) is 0 Å². The average Bonchev–Trinajstić information content (AvgIpc) is 2.38. The molecule has 0 heteroatoms. The Hall–Kier alpha value is -1.30. The van der Waals surface area contributed by atoms with Gasteiger partial charge < -0.3 is 0 Å². The molecular weight excluding hydrogens is 192 g/mol. The molecule has 84 valence electrons. The molecule has 0 heterocycles. The second kappa shape index (κ2) is 5.69. The number of allylic oxidation sites excluding steroid dienone is 4. The van der Waals surface area contributed by atoms with E-state index in [2.05, 4.69) is 49.4 Å². The summed E-state index contributed by atoms with van der Waals surface area (Å²) in [6, 6.07) is 10.8. The summed E-state index contributed by atoms with van der Waals surface area (Å²) in [6.45, 7) is 2.26. The molecule has 0 unspecified atom stereocenters. The Labute approximate surface area is 98.7 Å². The highest BCUT2D eigenvalue weighted by Crippen LogP contribution is 2.31. The molecule has 0 radical (unpaired) electrons. The van der Waals surface area contributed by atoms with Crippen LogP contribution in [0.2, 0.25) is 0 Å². The van der Waals surface area contributed by atoms with Crippen molar-refractivity contribution in [2.75, 3.05) is 0 Å². The number of benzene rings is 1. The van der Waals surface area contributed by atoms with Crippen molar-refractivity contribution >= 4 is 5.57 Å². The second-order valence-corrected chi connectivity index (χ2v) is 4.39. The first kappa shape index (κ1) is 11.2. The zero-order chi connectivity index (χ0) is 11.2. The van der Waals surface area contributed by atoms with Crippen LogP contribution in [0, 0.1) is 0 Å². The van der Waals surface area contributed by atoms with E-state index in [-0.39, 0.29) is 0 Å². The first-order chi connectivity index (χ1) is 7.92. The Morgan fingerprint density at radius 1 is 1.00 bits per heavy atom. The lowest BCUT2D eigenvalue weighted by Crippen LogP contribution is -1.95. The van der Waals surface area contributed by atoms with Crippen molar-refractivity contribution in [3.8, 4) is 0 Å². The highest BCUT2D eigenvalue weighted by Gasteiger charge is 2.09. The molecule has 0 fully saturated rings. The zero-order valence-electron chi connectivity index (χ0n) is 10.1. The summed E-state index contributed by atoms with van der Waals surface area (Å²) in [5.41, 5.74) is 4.41. The molecule has 0 saturated carbocycles. The van der Waals surface area contributed by atoms with E-state index in [0.717, 1.165) is 0 Å². The van der Waals surface area contributed by atoms with Gasteiger partial charge in [0.05, 0.1) is 0 Å². The van der Waals surface area contributed by atoms with Crippen LogP contribution in [-0.2, 0) is 0 Å². The minimum Gasteiger partial charge on any atom is -0.0804 e. The number of hydrogen-bond donors (Lipinski definition) is 0. The van der Waals surface area contributed by atoms with E-state index in [1.807, 2.05) is 0 Å². The van der Waals surface area contributed by atoms with Gasteiger partial charge in [-0.25, -0.2) is 0 Å². The van der Waals surface area contributed by atoms with Crippen molar-refractivity contribution in [1.82, 2.24) is 0 Å². The first-order valence-electron chi connectivity index (χ1n) is 6.37. The lowest BCUT2D eigenvalue weighted by atomic mass is 9.89. The van der Waals surface area contributed by atoms with E-state index in [1.54, 1.807) is 5.57 Å². The topological polar surface area (TPSA) is 0 Å². The van der Waals surface area contributed by atoms with E-state index in [4.69, 9.17) is 0 Å². The van der Waals surface area contributed by atoms with Crippen LogP contribution in [0.1, 0.15) is 44.6 Å². The van der Waals surface area contributed by atoms with Gasteiger partial charge in [-0.05, 0) is 42.4 Å². The zero-order valence-corrected chi connectivity index (χ0v) is 10.1. The third-order valence-corrected chi connectivity index (χ3v) is 3.14. The fourth-order valence-electron chi connectivity index (χ4n) is 2.25. The van der Waals surface area contributed by atoms with Gasteiger partial charge >= 0.3 is 0 Å². The molecule has 2 rings (SSSR count). The summed E-state index contributed by atoms with van der Waals surface area (Å²) in [7, 11) is 0. The Morgan fingerprint density at radius 2 is 1.75 bits per heavy atom. The fourth-order valence-corrected chi connectivity index (χ4v) is 2.25. The van der Waals surface area contributed by atoms with Crippen LogP contribution in [0.5, 0.6) is 0 Å². The van der Waals surface area contributed by atoms with Gasteiger partial charge in [0.25, 0.3) is 0 Å². The molecular formula is C16H20. The molecule has 1 aromatic rings. The minimum absolute atomic E-state index is 1.19. The minimum atomic E-state index is 1.19. The summed E-state index contributed by atoms with van der Waals surface area (Å²) >= 11 is 0. The van der Waals surface area contributed by atoms with Gasteiger partial charge in [0.15, 0.2) is 0 Å². The van der Waals surface area contributed by atoms with Crippen LogP contribution >= 0.6 is 0 Å². The molecule has 16 heavy (non-hydrogen) atoms. The molecule has 0 N–H and O–H groups in total. The van der Waals surface area contributed by atoms with Crippen LogP contribution in [0.3, 0.4) is 0 Å². The molecule has 0 atom stereocenters. The molecule has 1 aromatic carbocycles. The number of rotatable bonds is 4. The van der Waals surface area contributed by atoms with E-state index in [1.165, 1.54) is 43.2 Å². The predicted octanol–water partition coefficient (Wildman–Crippen LogP) is 4.98. The molecule has 0 amide bonds. The van der Waals surface area contributed by atoms with Gasteiger partial charge in [0.1, 0.15) is 0 Å². The Kier molecular flexibility index (Phi) is 3.98. The molecule has 1 aliphatic rings. The smallest absolute Gasteiger partial charge is 0.0185 e. The normalized spacial score (nSPS) is 15.6. The monoisotopic (exact) mass is 212 g/mol. The maximum atomic E-state index is 2.43. The third kappa shape index (κ3) is 2.63. The maximum absolute atomic E-state index is 2.43. The second-order valence-electron chi connectivity index (χ2n) is 4.39. The largest absolute Gasteiger partial charge is 0.0804 e. The van der Waals surface area contributed by atoms with E-state index in [0.29, 0.717) is 0 Å². The highest BCUT2D eigenvalue weighted by atomic mass is 14.1. The summed E-state index contributed by atoms with van der Waals surface area (Å²) < 4.78 is 0. The van der Waals surface area contributed by atoms with Gasteiger partial charge in [-0.2, -0.15) is 0 Å². The molecule has 0 bridgehead atoms. The summed E-state index contributed by atoms with van der Waals surface area (Å²) in [4.78, 5) is 0. The molecule has 0 aromatic heterocycles. The quantitative estimate of drug-likeness (QED) is 0.660. The highest BCUT2D eigenvalue weighted by molar-refractivity contribution is 5.79. The Balaban J connectivity index is 2.19. The predicted molar refractivity (Wildman–Crippen MR) is 71.3 cm³/mol. The lowest BCUT2D eigenvalue weighted by molar-refractivity contribution is 0.792. The molecule has 0 spiro atoms. The van der Waals surface area contributed by atoms with Crippen LogP contribution in [-0.4, -0.2) is 0 Å². The van der Waals surface area contributed by atoms with Gasteiger partial charge in [0, 0.05) is 0 Å². The molecule has 0 saturated heterocycles. The van der Waals surface area contributed by atoms with Crippen molar-refractivity contribution in [3.05, 3.63) is 53.6 Å². The molecule has 1 aliphatic carbocycles. The third-order valence-electron chi connectivity index (χ3n) is 3.14. The fraction of sp³-hybridized carbons (Fsp3) is 0.375. The van der Waals surface area contributed by atoms with E-state index < -0.39 is 0 Å². The van der Waals surface area contributed by atoms with Crippen molar-refractivity contribution < 1.29 is 0 Å².